The average Bonchev–Trinajstić information content (AvgIpc) is 2.27. The highest BCUT2D eigenvalue weighted by molar-refractivity contribution is 5.95. The summed E-state index contributed by atoms with van der Waals surface area (Å²) in [6, 6.07) is 6.10. The van der Waals surface area contributed by atoms with E-state index >= 15 is 0 Å². The minimum absolute atomic E-state index is 0.0378. The third-order valence-corrected chi connectivity index (χ3v) is 2.27. The normalized spacial score (nSPS) is 10.2. The summed E-state index contributed by atoms with van der Waals surface area (Å²) < 4.78 is 0. The van der Waals surface area contributed by atoms with Gasteiger partial charge < -0.3 is 16.2 Å². The number of nitrogens with one attached hydrogen (secondary N) is 1. The summed E-state index contributed by atoms with van der Waals surface area (Å²) in [5.74, 6) is -1.88. The molecule has 0 aliphatic rings. The highest BCUT2D eigenvalue weighted by atomic mass is 16.4. The second-order valence-corrected chi connectivity index (χ2v) is 4.06. The van der Waals surface area contributed by atoms with Crippen LogP contribution in [0.1, 0.15) is 10.4 Å². The second-order valence-electron chi connectivity index (χ2n) is 4.06. The van der Waals surface area contributed by atoms with Crippen LogP contribution in [0.3, 0.4) is 0 Å². The summed E-state index contributed by atoms with van der Waals surface area (Å²) in [4.78, 5) is 34.2. The maximum absolute atomic E-state index is 11.6. The van der Waals surface area contributed by atoms with Crippen LogP contribution in [0.4, 0.5) is 5.69 Å². The molecule has 0 heterocycles. The Hall–Kier alpha value is -2.41. The molecule has 1 aromatic carbocycles. The molecule has 1 rings (SSSR count). The molecular weight excluding hydrogens is 250 g/mol. The number of hydrogen-bond acceptors (Lipinski definition) is 4. The molecule has 0 aliphatic heterocycles. The third kappa shape index (κ3) is 5.17. The lowest BCUT2D eigenvalue weighted by Gasteiger charge is -2.13. The molecule has 1 aromatic rings. The topological polar surface area (TPSA) is 113 Å². The lowest BCUT2D eigenvalue weighted by molar-refractivity contribution is -0.138. The van der Waals surface area contributed by atoms with Crippen molar-refractivity contribution in [2.75, 3.05) is 25.5 Å². The number of rotatable bonds is 6. The Morgan fingerprint density at radius 2 is 1.79 bits per heavy atom. The van der Waals surface area contributed by atoms with Gasteiger partial charge in [-0.05, 0) is 31.3 Å². The highest BCUT2D eigenvalue weighted by Crippen LogP contribution is 2.09. The van der Waals surface area contributed by atoms with Gasteiger partial charge in [0, 0.05) is 11.3 Å². The molecule has 0 bridgehead atoms. The van der Waals surface area contributed by atoms with Crippen LogP contribution in [0.2, 0.25) is 0 Å². The minimum atomic E-state index is -0.999. The number of carboxylic acid groups (broad SMARTS) is 1. The summed E-state index contributed by atoms with van der Waals surface area (Å²) in [5.41, 5.74) is 5.95. The average molecular weight is 265 g/mol. The van der Waals surface area contributed by atoms with Gasteiger partial charge in [0.05, 0.1) is 13.1 Å². The van der Waals surface area contributed by atoms with Crippen molar-refractivity contribution in [1.82, 2.24) is 4.90 Å². The van der Waals surface area contributed by atoms with Crippen molar-refractivity contribution in [1.29, 1.82) is 0 Å². The minimum Gasteiger partial charge on any atom is -0.480 e. The van der Waals surface area contributed by atoms with Crippen molar-refractivity contribution < 1.29 is 19.5 Å². The molecule has 0 aliphatic carbocycles. The number of carbonyl (C=O) groups excluding carboxylic acids is 2. The first-order valence-electron chi connectivity index (χ1n) is 5.48. The quantitative estimate of drug-likeness (QED) is 0.656. The molecule has 7 nitrogen and oxygen atoms in total. The Morgan fingerprint density at radius 1 is 1.21 bits per heavy atom. The zero-order valence-electron chi connectivity index (χ0n) is 10.4. The smallest absolute Gasteiger partial charge is 0.317 e. The number of nitrogens with zero attached hydrogens (tertiary/aromatic N) is 1. The van der Waals surface area contributed by atoms with Crippen LogP contribution in [0.25, 0.3) is 0 Å². The van der Waals surface area contributed by atoms with Gasteiger partial charge in [0.25, 0.3) is 0 Å². The third-order valence-electron chi connectivity index (χ3n) is 2.27. The molecule has 19 heavy (non-hydrogen) atoms. The van der Waals surface area contributed by atoms with Crippen molar-refractivity contribution in [2.45, 2.75) is 0 Å². The molecule has 0 unspecified atom stereocenters. The van der Waals surface area contributed by atoms with E-state index in [4.69, 9.17) is 10.8 Å². The fourth-order valence-corrected chi connectivity index (χ4v) is 1.45. The molecule has 4 N–H and O–H groups in total. The van der Waals surface area contributed by atoms with Gasteiger partial charge >= 0.3 is 5.97 Å². The predicted molar refractivity (Wildman–Crippen MR) is 68.7 cm³/mol. The van der Waals surface area contributed by atoms with Gasteiger partial charge in [-0.1, -0.05) is 0 Å². The maximum Gasteiger partial charge on any atom is 0.317 e. The van der Waals surface area contributed by atoms with Crippen LogP contribution in [0.5, 0.6) is 0 Å². The van der Waals surface area contributed by atoms with Gasteiger partial charge in [-0.2, -0.15) is 0 Å². The number of carboxylic acids is 1. The fraction of sp³-hybridized carbons (Fsp3) is 0.250. The first-order chi connectivity index (χ1) is 8.88. The fourth-order valence-electron chi connectivity index (χ4n) is 1.45. The lowest BCUT2D eigenvalue weighted by atomic mass is 10.2. The molecule has 0 fully saturated rings. The number of nitrogens with two attached hydrogens (primary N) is 1. The summed E-state index contributed by atoms with van der Waals surface area (Å²) in [6.45, 7) is -0.252. The van der Waals surface area contributed by atoms with Gasteiger partial charge in [-0.25, -0.2) is 0 Å². The number of primary amides is 1. The molecule has 0 atom stereocenters. The molecule has 0 spiro atoms. The van der Waals surface area contributed by atoms with Crippen molar-refractivity contribution in [3.05, 3.63) is 29.8 Å². The molecule has 0 aromatic heterocycles. The Labute approximate surface area is 110 Å². The van der Waals surface area contributed by atoms with Crippen LogP contribution in [-0.2, 0) is 9.59 Å². The van der Waals surface area contributed by atoms with Gasteiger partial charge in [-0.15, -0.1) is 0 Å². The Bertz CT molecular complexity index is 484. The van der Waals surface area contributed by atoms with E-state index in [0.717, 1.165) is 0 Å². The summed E-state index contributed by atoms with van der Waals surface area (Å²) in [6.07, 6.45) is 0. The molecule has 0 saturated carbocycles. The zero-order chi connectivity index (χ0) is 14.4. The lowest BCUT2D eigenvalue weighted by Crippen LogP contribution is -2.33. The number of hydrogen-bond donors (Lipinski definition) is 3. The number of anilines is 1. The molecule has 2 amide bonds. The SMILES string of the molecule is CN(CC(=O)O)CC(=O)Nc1ccc(C(N)=O)cc1. The van der Waals surface area contributed by atoms with Crippen LogP contribution in [0, 0.1) is 0 Å². The number of carbonyl (C=O) groups is 3. The van der Waals surface area contributed by atoms with Crippen LogP contribution in [-0.4, -0.2) is 47.9 Å². The van der Waals surface area contributed by atoms with Gasteiger partial charge in [0.1, 0.15) is 0 Å². The standard InChI is InChI=1S/C12H15N3O4/c1-15(7-11(17)18)6-10(16)14-9-4-2-8(3-5-9)12(13)19/h2-5H,6-7H2,1H3,(H2,13,19)(H,14,16)(H,17,18). The molecule has 7 heteroatoms. The van der Waals surface area contributed by atoms with Crippen molar-refractivity contribution in [3.63, 3.8) is 0 Å². The van der Waals surface area contributed by atoms with Crippen LogP contribution >= 0.6 is 0 Å². The Balaban J connectivity index is 2.52. The maximum atomic E-state index is 11.6. The van der Waals surface area contributed by atoms with E-state index in [-0.39, 0.29) is 19.0 Å². The van der Waals surface area contributed by atoms with Crippen LogP contribution in [0.15, 0.2) is 24.3 Å². The van der Waals surface area contributed by atoms with E-state index in [1.54, 1.807) is 12.1 Å². The van der Waals surface area contributed by atoms with E-state index in [0.29, 0.717) is 11.3 Å². The highest BCUT2D eigenvalue weighted by Gasteiger charge is 2.10. The summed E-state index contributed by atoms with van der Waals surface area (Å²) in [5, 5.41) is 11.1. The summed E-state index contributed by atoms with van der Waals surface area (Å²) in [7, 11) is 1.53. The number of aliphatic carboxylic acids is 1. The zero-order valence-corrected chi connectivity index (χ0v) is 10.4. The van der Waals surface area contributed by atoms with Gasteiger partial charge in [0.2, 0.25) is 11.8 Å². The number of likely N-dealkylation sites (N-methyl/N-ethyl adjacent to an activating group) is 1. The monoisotopic (exact) mass is 265 g/mol. The van der Waals surface area contributed by atoms with E-state index in [1.165, 1.54) is 24.1 Å². The van der Waals surface area contributed by atoms with E-state index in [1.807, 2.05) is 0 Å². The van der Waals surface area contributed by atoms with Crippen molar-refractivity contribution >= 4 is 23.5 Å². The van der Waals surface area contributed by atoms with E-state index in [9.17, 15) is 14.4 Å². The van der Waals surface area contributed by atoms with Crippen LogP contribution < -0.4 is 11.1 Å². The van der Waals surface area contributed by atoms with E-state index in [2.05, 4.69) is 5.32 Å². The Morgan fingerprint density at radius 3 is 2.26 bits per heavy atom. The number of benzene rings is 1. The Kier molecular flexibility index (Phi) is 5.01. The molecular formula is C12H15N3O4. The number of amides is 2. The van der Waals surface area contributed by atoms with Crippen molar-refractivity contribution in [3.8, 4) is 0 Å². The first kappa shape index (κ1) is 14.7. The van der Waals surface area contributed by atoms with Gasteiger partial charge in [-0.3, -0.25) is 19.3 Å². The van der Waals surface area contributed by atoms with Crippen molar-refractivity contribution in [2.24, 2.45) is 5.73 Å². The summed E-state index contributed by atoms with van der Waals surface area (Å²) >= 11 is 0. The largest absolute Gasteiger partial charge is 0.480 e. The van der Waals surface area contributed by atoms with E-state index < -0.39 is 11.9 Å². The predicted octanol–water partition coefficient (Wildman–Crippen LogP) is -0.260. The van der Waals surface area contributed by atoms with Gasteiger partial charge in [0.15, 0.2) is 0 Å². The molecule has 102 valence electrons. The molecule has 0 radical (unpaired) electrons. The second kappa shape index (κ2) is 6.50. The molecule has 0 saturated heterocycles. The first-order valence-corrected chi connectivity index (χ1v) is 5.48.